The molecule has 1 aromatic heterocycles. The fourth-order valence-electron chi connectivity index (χ4n) is 1.10. The molecule has 0 fully saturated rings. The first kappa shape index (κ1) is 13.9. The number of halogens is 1. The van der Waals surface area contributed by atoms with Crippen LogP contribution in [0.2, 0.25) is 5.28 Å². The van der Waals surface area contributed by atoms with E-state index in [0.29, 0.717) is 25.0 Å². The van der Waals surface area contributed by atoms with Crippen molar-refractivity contribution in [3.05, 3.63) is 5.28 Å². The van der Waals surface area contributed by atoms with E-state index >= 15 is 0 Å². The topological polar surface area (TPSA) is 81.2 Å². The van der Waals surface area contributed by atoms with Crippen LogP contribution in [0.3, 0.4) is 0 Å². The molecule has 0 radical (unpaired) electrons. The number of hydrogen-bond donors (Lipinski definition) is 2. The summed E-state index contributed by atoms with van der Waals surface area (Å²) < 4.78 is 10.0. The van der Waals surface area contributed by atoms with Crippen LogP contribution in [0.1, 0.15) is 6.92 Å². The van der Waals surface area contributed by atoms with Gasteiger partial charge >= 0.3 is 0 Å². The highest BCUT2D eigenvalue weighted by Gasteiger charge is 2.08. The Morgan fingerprint density at radius 3 is 2.24 bits per heavy atom. The lowest BCUT2D eigenvalue weighted by Gasteiger charge is -2.14. The summed E-state index contributed by atoms with van der Waals surface area (Å²) in [5.74, 6) is 0.807. The second-order valence-electron chi connectivity index (χ2n) is 3.06. The summed E-state index contributed by atoms with van der Waals surface area (Å²) in [7, 11) is 3.11. The minimum absolute atomic E-state index is 0.129. The van der Waals surface area contributed by atoms with Gasteiger partial charge in [-0.05, 0) is 18.5 Å². The van der Waals surface area contributed by atoms with Gasteiger partial charge in [-0.3, -0.25) is 0 Å². The molecule has 8 heteroatoms. The fraction of sp³-hybridized carbons (Fsp3) is 0.667. The highest BCUT2D eigenvalue weighted by molar-refractivity contribution is 6.28. The molecule has 96 valence electrons. The molecular weight excluding hydrogens is 246 g/mol. The number of rotatable bonds is 7. The molecule has 0 aliphatic carbocycles. The van der Waals surface area contributed by atoms with Gasteiger partial charge in [-0.2, -0.15) is 15.0 Å². The molecule has 1 heterocycles. The zero-order valence-electron chi connectivity index (χ0n) is 10.0. The molecule has 0 saturated heterocycles. The van der Waals surface area contributed by atoms with E-state index in [4.69, 9.17) is 21.1 Å². The molecule has 0 aromatic carbocycles. The van der Waals surface area contributed by atoms with Gasteiger partial charge in [0.15, 0.2) is 6.29 Å². The molecule has 0 atom stereocenters. The van der Waals surface area contributed by atoms with Crippen LogP contribution in [0.4, 0.5) is 11.9 Å². The molecule has 0 aliphatic heterocycles. The van der Waals surface area contributed by atoms with E-state index in [-0.39, 0.29) is 11.6 Å². The third kappa shape index (κ3) is 4.68. The largest absolute Gasteiger partial charge is 0.354 e. The summed E-state index contributed by atoms with van der Waals surface area (Å²) in [5, 5.41) is 6.03. The predicted molar refractivity (Wildman–Crippen MR) is 65.3 cm³/mol. The molecule has 2 N–H and O–H groups in total. The van der Waals surface area contributed by atoms with Crippen molar-refractivity contribution < 1.29 is 9.47 Å². The lowest BCUT2D eigenvalue weighted by Crippen LogP contribution is -2.24. The Hall–Kier alpha value is -1.18. The molecule has 1 aromatic rings. The highest BCUT2D eigenvalue weighted by atomic mass is 35.5. The number of nitrogens with one attached hydrogen (secondary N) is 2. The van der Waals surface area contributed by atoms with Crippen molar-refractivity contribution in [2.45, 2.75) is 13.2 Å². The SMILES string of the molecule is CCNc1nc(Cl)nc(NCC(OC)OC)n1. The normalized spacial score (nSPS) is 10.6. The van der Waals surface area contributed by atoms with Gasteiger partial charge in [0.1, 0.15) is 0 Å². The van der Waals surface area contributed by atoms with Crippen molar-refractivity contribution in [1.82, 2.24) is 15.0 Å². The lowest BCUT2D eigenvalue weighted by atomic mass is 10.6. The summed E-state index contributed by atoms with van der Waals surface area (Å²) in [4.78, 5) is 12.0. The Bertz CT molecular complexity index is 348. The van der Waals surface area contributed by atoms with E-state index in [0.717, 1.165) is 0 Å². The molecule has 0 spiro atoms. The summed E-state index contributed by atoms with van der Waals surface area (Å²) in [6.45, 7) is 3.06. The molecule has 0 amide bonds. The Labute approximate surface area is 105 Å². The Kier molecular flexibility index (Phi) is 5.88. The van der Waals surface area contributed by atoms with Crippen molar-refractivity contribution in [2.75, 3.05) is 37.9 Å². The predicted octanol–water partition coefficient (Wildman–Crippen LogP) is 0.988. The van der Waals surface area contributed by atoms with Crippen LogP contribution in [-0.2, 0) is 9.47 Å². The second-order valence-corrected chi connectivity index (χ2v) is 3.40. The van der Waals surface area contributed by atoms with E-state index in [2.05, 4.69) is 25.6 Å². The molecule has 0 saturated carbocycles. The smallest absolute Gasteiger partial charge is 0.228 e. The molecule has 1 rings (SSSR count). The Morgan fingerprint density at radius 2 is 1.71 bits per heavy atom. The monoisotopic (exact) mass is 261 g/mol. The van der Waals surface area contributed by atoms with Gasteiger partial charge in [0, 0.05) is 20.8 Å². The zero-order valence-corrected chi connectivity index (χ0v) is 10.8. The minimum Gasteiger partial charge on any atom is -0.354 e. The second kappa shape index (κ2) is 7.21. The number of anilines is 2. The maximum absolute atomic E-state index is 5.76. The first-order chi connectivity index (χ1) is 8.19. The molecule has 0 unspecified atom stereocenters. The summed E-state index contributed by atoms with van der Waals surface area (Å²) in [6.07, 6.45) is -0.367. The summed E-state index contributed by atoms with van der Waals surface area (Å²) in [6, 6.07) is 0. The molecule has 0 bridgehead atoms. The van der Waals surface area contributed by atoms with Crippen LogP contribution in [0, 0.1) is 0 Å². The third-order valence-electron chi connectivity index (χ3n) is 1.90. The Morgan fingerprint density at radius 1 is 1.12 bits per heavy atom. The molecular formula is C9H16ClN5O2. The van der Waals surface area contributed by atoms with Crippen molar-refractivity contribution in [3.63, 3.8) is 0 Å². The van der Waals surface area contributed by atoms with Crippen LogP contribution < -0.4 is 10.6 Å². The molecule has 7 nitrogen and oxygen atoms in total. The summed E-state index contributed by atoms with van der Waals surface area (Å²) in [5.41, 5.74) is 0. The van der Waals surface area contributed by atoms with E-state index < -0.39 is 0 Å². The summed E-state index contributed by atoms with van der Waals surface area (Å²) >= 11 is 5.76. The van der Waals surface area contributed by atoms with Gasteiger partial charge in [0.2, 0.25) is 17.2 Å². The molecule has 17 heavy (non-hydrogen) atoms. The fourth-order valence-corrected chi connectivity index (χ4v) is 1.26. The van der Waals surface area contributed by atoms with Crippen LogP contribution >= 0.6 is 11.6 Å². The van der Waals surface area contributed by atoms with Gasteiger partial charge < -0.3 is 20.1 Å². The van der Waals surface area contributed by atoms with Gasteiger partial charge in [-0.15, -0.1) is 0 Å². The van der Waals surface area contributed by atoms with Crippen LogP contribution in [0.25, 0.3) is 0 Å². The first-order valence-electron chi connectivity index (χ1n) is 5.14. The zero-order chi connectivity index (χ0) is 12.7. The van der Waals surface area contributed by atoms with Crippen molar-refractivity contribution in [3.8, 4) is 0 Å². The quantitative estimate of drug-likeness (QED) is 0.708. The lowest BCUT2D eigenvalue weighted by molar-refractivity contribution is -0.0914. The van der Waals surface area contributed by atoms with E-state index in [1.165, 1.54) is 0 Å². The van der Waals surface area contributed by atoms with Crippen LogP contribution in [0.15, 0.2) is 0 Å². The maximum atomic E-state index is 5.76. The first-order valence-corrected chi connectivity index (χ1v) is 5.52. The van der Waals surface area contributed by atoms with Crippen molar-refractivity contribution in [2.24, 2.45) is 0 Å². The number of ether oxygens (including phenoxy) is 2. The standard InChI is InChI=1S/C9H16ClN5O2/c1-4-11-8-13-7(10)14-9(15-8)12-5-6(16-2)17-3/h6H,4-5H2,1-3H3,(H2,11,12,13,14,15). The number of methoxy groups -OCH3 is 2. The van der Waals surface area contributed by atoms with Crippen LogP contribution in [0.5, 0.6) is 0 Å². The third-order valence-corrected chi connectivity index (χ3v) is 2.06. The molecule has 0 aliphatic rings. The van der Waals surface area contributed by atoms with Gasteiger partial charge in [0.25, 0.3) is 0 Å². The maximum Gasteiger partial charge on any atom is 0.228 e. The average Bonchev–Trinajstić information content (AvgIpc) is 2.30. The number of nitrogens with zero attached hydrogens (tertiary/aromatic N) is 3. The number of hydrogen-bond acceptors (Lipinski definition) is 7. The van der Waals surface area contributed by atoms with Gasteiger partial charge in [-0.25, -0.2) is 0 Å². The van der Waals surface area contributed by atoms with Crippen LogP contribution in [-0.4, -0.2) is 48.6 Å². The van der Waals surface area contributed by atoms with E-state index in [1.807, 2.05) is 6.92 Å². The number of aromatic nitrogens is 3. The van der Waals surface area contributed by atoms with Gasteiger partial charge in [0.05, 0.1) is 6.54 Å². The van der Waals surface area contributed by atoms with E-state index in [9.17, 15) is 0 Å². The van der Waals surface area contributed by atoms with E-state index in [1.54, 1.807) is 14.2 Å². The van der Waals surface area contributed by atoms with Gasteiger partial charge in [-0.1, -0.05) is 0 Å². The minimum atomic E-state index is -0.367. The highest BCUT2D eigenvalue weighted by Crippen LogP contribution is 2.09. The van der Waals surface area contributed by atoms with Crippen molar-refractivity contribution >= 4 is 23.5 Å². The van der Waals surface area contributed by atoms with Crippen molar-refractivity contribution in [1.29, 1.82) is 0 Å². The average molecular weight is 262 g/mol. The Balaban J connectivity index is 2.63.